The fourth-order valence-corrected chi connectivity index (χ4v) is 5.58. The molecule has 1 aliphatic rings. The van der Waals surface area contributed by atoms with Crippen molar-refractivity contribution in [1.82, 2.24) is 25.3 Å². The molecule has 1 aliphatic heterocycles. The van der Waals surface area contributed by atoms with Gasteiger partial charge in [-0.2, -0.15) is 0 Å². The average molecular weight is 535 g/mol. The highest BCUT2D eigenvalue weighted by atomic mass is 32.2. The Labute approximate surface area is 217 Å². The third-order valence-electron chi connectivity index (χ3n) is 6.05. The van der Waals surface area contributed by atoms with Gasteiger partial charge in [-0.1, -0.05) is 23.4 Å². The first kappa shape index (κ1) is 25.1. The van der Waals surface area contributed by atoms with Gasteiger partial charge in [0.1, 0.15) is 5.82 Å². The molecule has 0 radical (unpaired) electrons. The third kappa shape index (κ3) is 5.11. The van der Waals surface area contributed by atoms with Crippen molar-refractivity contribution in [3.63, 3.8) is 0 Å². The number of nitrogens with zero attached hydrogens (tertiary/aromatic N) is 3. The van der Waals surface area contributed by atoms with E-state index in [1.165, 1.54) is 42.5 Å². The zero-order valence-electron chi connectivity index (χ0n) is 20.2. The molecule has 0 saturated heterocycles. The SMILES string of the molecule is Cc1cc(C(=O)NCCn2ccnn2)c(C=C2C(=O)Nc3ccc(S(=O)(=O)Cc4ccccc4F)cc32)[nH]1. The van der Waals surface area contributed by atoms with Crippen LogP contribution in [0.25, 0.3) is 11.6 Å². The van der Waals surface area contributed by atoms with Gasteiger partial charge in [-0.05, 0) is 43.3 Å². The maximum atomic E-state index is 14.1. The average Bonchev–Trinajstić information content (AvgIpc) is 3.60. The molecule has 2 aromatic heterocycles. The quantitative estimate of drug-likeness (QED) is 0.297. The summed E-state index contributed by atoms with van der Waals surface area (Å²) in [5.74, 6) is -1.91. The van der Waals surface area contributed by atoms with Gasteiger partial charge in [0.25, 0.3) is 11.8 Å². The van der Waals surface area contributed by atoms with Gasteiger partial charge in [-0.25, -0.2) is 12.8 Å². The molecule has 0 aliphatic carbocycles. The van der Waals surface area contributed by atoms with Gasteiger partial charge in [0.2, 0.25) is 0 Å². The van der Waals surface area contributed by atoms with E-state index in [0.717, 1.165) is 0 Å². The number of halogens is 1. The van der Waals surface area contributed by atoms with E-state index in [1.54, 1.807) is 36.1 Å². The molecule has 0 spiro atoms. The minimum absolute atomic E-state index is 0.0457. The lowest BCUT2D eigenvalue weighted by molar-refractivity contribution is -0.110. The standard InChI is InChI=1S/C26H23FN6O4S/c1-16-12-21(25(34)28-8-10-33-11-9-29-32-33)24(30-16)14-20-19-13-18(6-7-23(19)31-26(20)35)38(36,37)15-17-4-2-3-5-22(17)27/h2-7,9,11-14,30H,8,10,15H2,1H3,(H,28,34)(H,31,35). The maximum Gasteiger partial charge on any atom is 0.256 e. The number of nitrogens with one attached hydrogen (secondary N) is 3. The van der Waals surface area contributed by atoms with Crippen molar-refractivity contribution in [2.24, 2.45) is 0 Å². The Balaban J connectivity index is 1.42. The number of anilines is 1. The number of aryl methyl sites for hydroxylation is 1. The van der Waals surface area contributed by atoms with Crippen LogP contribution in [0.15, 0.2) is 65.8 Å². The number of hydrogen-bond acceptors (Lipinski definition) is 6. The Morgan fingerprint density at radius 1 is 1.18 bits per heavy atom. The van der Waals surface area contributed by atoms with E-state index >= 15 is 0 Å². The Morgan fingerprint density at radius 3 is 2.76 bits per heavy atom. The van der Waals surface area contributed by atoms with Crippen molar-refractivity contribution in [1.29, 1.82) is 0 Å². The number of carbonyl (C=O) groups is 2. The second-order valence-electron chi connectivity index (χ2n) is 8.77. The van der Waals surface area contributed by atoms with Crippen LogP contribution < -0.4 is 10.6 Å². The van der Waals surface area contributed by atoms with Crippen molar-refractivity contribution in [2.75, 3.05) is 11.9 Å². The van der Waals surface area contributed by atoms with E-state index in [-0.39, 0.29) is 21.9 Å². The van der Waals surface area contributed by atoms with E-state index < -0.39 is 27.3 Å². The summed E-state index contributed by atoms with van der Waals surface area (Å²) in [7, 11) is -3.91. The van der Waals surface area contributed by atoms with Gasteiger partial charge >= 0.3 is 0 Å². The number of amides is 2. The number of sulfone groups is 1. The van der Waals surface area contributed by atoms with Crippen molar-refractivity contribution >= 4 is 39.0 Å². The summed E-state index contributed by atoms with van der Waals surface area (Å²) in [6.45, 7) is 2.53. The molecule has 10 nitrogen and oxygen atoms in total. The first-order chi connectivity index (χ1) is 18.2. The molecule has 38 heavy (non-hydrogen) atoms. The van der Waals surface area contributed by atoms with E-state index in [1.807, 2.05) is 0 Å². The van der Waals surface area contributed by atoms with Crippen LogP contribution in [0.4, 0.5) is 10.1 Å². The Kier molecular flexibility index (Phi) is 6.64. The molecule has 2 amide bonds. The van der Waals surface area contributed by atoms with Crippen LogP contribution in [-0.2, 0) is 26.9 Å². The number of hydrogen-bond donors (Lipinski definition) is 3. The number of aromatic amines is 1. The lowest BCUT2D eigenvalue weighted by Gasteiger charge is -2.08. The second kappa shape index (κ2) is 10.1. The number of carbonyl (C=O) groups excluding carboxylic acids is 2. The molecule has 0 fully saturated rings. The fourth-order valence-electron chi connectivity index (χ4n) is 4.19. The smallest absolute Gasteiger partial charge is 0.256 e. The van der Waals surface area contributed by atoms with Crippen LogP contribution in [0.3, 0.4) is 0 Å². The predicted molar refractivity (Wildman–Crippen MR) is 138 cm³/mol. The highest BCUT2D eigenvalue weighted by Crippen LogP contribution is 2.36. The zero-order valence-corrected chi connectivity index (χ0v) is 21.0. The van der Waals surface area contributed by atoms with E-state index in [0.29, 0.717) is 41.3 Å². The largest absolute Gasteiger partial charge is 0.358 e. The van der Waals surface area contributed by atoms with Gasteiger partial charge in [-0.15, -0.1) is 5.10 Å². The summed E-state index contributed by atoms with van der Waals surface area (Å²) in [6, 6.07) is 11.6. The summed E-state index contributed by atoms with van der Waals surface area (Å²) in [5, 5.41) is 13.1. The Hall–Kier alpha value is -4.58. The number of benzene rings is 2. The molecular weight excluding hydrogens is 511 g/mol. The van der Waals surface area contributed by atoms with Crippen molar-refractivity contribution in [2.45, 2.75) is 24.1 Å². The van der Waals surface area contributed by atoms with Crippen LogP contribution in [0.1, 0.15) is 32.9 Å². The number of aromatic nitrogens is 4. The molecule has 4 aromatic rings. The zero-order chi connectivity index (χ0) is 26.9. The fraction of sp³-hybridized carbons (Fsp3) is 0.154. The van der Waals surface area contributed by atoms with Crippen molar-refractivity contribution in [3.05, 3.63) is 94.8 Å². The molecule has 0 bridgehead atoms. The van der Waals surface area contributed by atoms with E-state index in [4.69, 9.17) is 0 Å². The van der Waals surface area contributed by atoms with Gasteiger partial charge in [0, 0.05) is 35.2 Å². The summed E-state index contributed by atoms with van der Waals surface area (Å²) in [4.78, 5) is 28.7. The van der Waals surface area contributed by atoms with Crippen LogP contribution in [0.5, 0.6) is 0 Å². The molecule has 0 saturated carbocycles. The normalized spacial score (nSPS) is 13.9. The van der Waals surface area contributed by atoms with E-state index in [9.17, 15) is 22.4 Å². The maximum absolute atomic E-state index is 14.1. The minimum atomic E-state index is -3.91. The molecule has 3 heterocycles. The van der Waals surface area contributed by atoms with Gasteiger partial charge in [0.05, 0.1) is 40.2 Å². The Bertz CT molecular complexity index is 1680. The van der Waals surface area contributed by atoms with Crippen LogP contribution in [-0.4, -0.2) is 46.8 Å². The topological polar surface area (TPSA) is 139 Å². The first-order valence-electron chi connectivity index (χ1n) is 11.7. The molecule has 0 atom stereocenters. The molecule has 3 N–H and O–H groups in total. The molecule has 2 aromatic carbocycles. The van der Waals surface area contributed by atoms with Gasteiger partial charge < -0.3 is 15.6 Å². The lowest BCUT2D eigenvalue weighted by atomic mass is 10.0. The molecule has 12 heteroatoms. The lowest BCUT2D eigenvalue weighted by Crippen LogP contribution is -2.27. The monoisotopic (exact) mass is 534 g/mol. The number of H-pyrrole nitrogens is 1. The molecule has 0 unspecified atom stereocenters. The third-order valence-corrected chi connectivity index (χ3v) is 7.71. The minimum Gasteiger partial charge on any atom is -0.358 e. The number of rotatable bonds is 8. The van der Waals surface area contributed by atoms with E-state index in [2.05, 4.69) is 25.9 Å². The van der Waals surface area contributed by atoms with Crippen LogP contribution in [0, 0.1) is 12.7 Å². The summed E-state index contributed by atoms with van der Waals surface area (Å²) >= 11 is 0. The highest BCUT2D eigenvalue weighted by molar-refractivity contribution is 7.90. The first-order valence-corrected chi connectivity index (χ1v) is 13.3. The van der Waals surface area contributed by atoms with Crippen molar-refractivity contribution < 1.29 is 22.4 Å². The molecule has 194 valence electrons. The summed E-state index contributed by atoms with van der Waals surface area (Å²) < 4.78 is 41.8. The predicted octanol–water partition coefficient (Wildman–Crippen LogP) is 2.95. The summed E-state index contributed by atoms with van der Waals surface area (Å²) in [5.41, 5.74) is 2.50. The van der Waals surface area contributed by atoms with Gasteiger partial charge in [0.15, 0.2) is 9.84 Å². The highest BCUT2D eigenvalue weighted by Gasteiger charge is 2.28. The molecular formula is C26H23FN6O4S. The second-order valence-corrected chi connectivity index (χ2v) is 10.8. The van der Waals surface area contributed by atoms with Crippen LogP contribution in [0.2, 0.25) is 0 Å². The van der Waals surface area contributed by atoms with Gasteiger partial charge in [-0.3, -0.25) is 14.3 Å². The number of fused-ring (bicyclic) bond motifs is 1. The van der Waals surface area contributed by atoms with Crippen LogP contribution >= 0.6 is 0 Å². The summed E-state index contributed by atoms with van der Waals surface area (Å²) in [6.07, 6.45) is 4.75. The van der Waals surface area contributed by atoms with Crippen molar-refractivity contribution in [3.8, 4) is 0 Å². The molecule has 5 rings (SSSR count). The Morgan fingerprint density at radius 2 is 2.00 bits per heavy atom.